The summed E-state index contributed by atoms with van der Waals surface area (Å²) in [7, 11) is 0. The normalized spacial score (nSPS) is 10.9. The summed E-state index contributed by atoms with van der Waals surface area (Å²) in [5, 5.41) is 2.94. The summed E-state index contributed by atoms with van der Waals surface area (Å²) < 4.78 is 50.1. The molecule has 0 radical (unpaired) electrons. The average molecular weight is 340 g/mol. The second-order valence-corrected chi connectivity index (χ2v) is 4.58. The predicted molar refractivity (Wildman–Crippen MR) is 77.4 cm³/mol. The van der Waals surface area contributed by atoms with Crippen LogP contribution in [0.4, 0.5) is 23.2 Å². The molecule has 7 heteroatoms. The standard InChI is InChI=1S/C14H10ClF4N.ClH/c15-12-7-11(5-6-13(12)16)20-8-9-1-3-10(4-2-9)14(17,18)19;/h1-7,20H,8H2;1H. The fraction of sp³-hybridized carbons (Fsp3) is 0.143. The number of anilines is 1. The molecular weight excluding hydrogens is 329 g/mol. The zero-order valence-corrected chi connectivity index (χ0v) is 12.1. The highest BCUT2D eigenvalue weighted by Crippen LogP contribution is 2.29. The van der Waals surface area contributed by atoms with Crippen molar-refractivity contribution in [3.05, 3.63) is 64.4 Å². The van der Waals surface area contributed by atoms with E-state index < -0.39 is 17.6 Å². The maximum absolute atomic E-state index is 13.0. The first-order valence-electron chi connectivity index (χ1n) is 5.71. The highest BCUT2D eigenvalue weighted by molar-refractivity contribution is 6.31. The van der Waals surface area contributed by atoms with E-state index in [2.05, 4.69) is 5.32 Å². The first-order valence-corrected chi connectivity index (χ1v) is 6.09. The molecule has 2 rings (SSSR count). The number of alkyl halides is 3. The summed E-state index contributed by atoms with van der Waals surface area (Å²) in [5.74, 6) is -0.522. The predicted octanol–water partition coefficient (Wildman–Crippen LogP) is 5.53. The number of benzene rings is 2. The number of halogens is 6. The minimum atomic E-state index is -4.34. The van der Waals surface area contributed by atoms with Crippen LogP contribution in [-0.2, 0) is 12.7 Å². The molecule has 0 aromatic heterocycles. The summed E-state index contributed by atoms with van der Waals surface area (Å²) in [5.41, 5.74) is 0.584. The number of nitrogens with one attached hydrogen (secondary N) is 1. The zero-order chi connectivity index (χ0) is 14.8. The lowest BCUT2D eigenvalue weighted by Crippen LogP contribution is -2.05. The summed E-state index contributed by atoms with van der Waals surface area (Å²) in [6.07, 6.45) is -4.34. The van der Waals surface area contributed by atoms with Gasteiger partial charge < -0.3 is 5.32 Å². The highest BCUT2D eigenvalue weighted by atomic mass is 35.5. The summed E-state index contributed by atoms with van der Waals surface area (Å²) >= 11 is 5.63. The quantitative estimate of drug-likeness (QED) is 0.724. The fourth-order valence-electron chi connectivity index (χ4n) is 1.62. The number of hydrogen-bond donors (Lipinski definition) is 1. The van der Waals surface area contributed by atoms with E-state index in [1.165, 1.54) is 30.3 Å². The van der Waals surface area contributed by atoms with E-state index in [1.54, 1.807) is 0 Å². The van der Waals surface area contributed by atoms with Gasteiger partial charge in [-0.05, 0) is 35.9 Å². The molecule has 21 heavy (non-hydrogen) atoms. The molecular formula is C14H11Cl2F4N. The maximum atomic E-state index is 13.0. The summed E-state index contributed by atoms with van der Waals surface area (Å²) in [4.78, 5) is 0. The first kappa shape index (κ1) is 17.6. The van der Waals surface area contributed by atoms with Crippen molar-refractivity contribution >= 4 is 29.7 Å². The van der Waals surface area contributed by atoms with Gasteiger partial charge in [-0.3, -0.25) is 0 Å². The molecule has 0 aliphatic rings. The minimum Gasteiger partial charge on any atom is -0.381 e. The SMILES string of the molecule is Cl.Fc1ccc(NCc2ccc(C(F)(F)F)cc2)cc1Cl. The Hall–Kier alpha value is -1.46. The van der Waals surface area contributed by atoms with E-state index in [-0.39, 0.29) is 17.4 Å². The Morgan fingerprint density at radius 1 is 1.00 bits per heavy atom. The third-order valence-electron chi connectivity index (χ3n) is 2.70. The van der Waals surface area contributed by atoms with Gasteiger partial charge in [0.2, 0.25) is 0 Å². The van der Waals surface area contributed by atoms with Gasteiger partial charge in [0.15, 0.2) is 0 Å². The Morgan fingerprint density at radius 3 is 2.14 bits per heavy atom. The molecule has 0 aliphatic carbocycles. The van der Waals surface area contributed by atoms with E-state index in [1.807, 2.05) is 0 Å². The zero-order valence-electron chi connectivity index (χ0n) is 10.5. The fourth-order valence-corrected chi connectivity index (χ4v) is 1.80. The van der Waals surface area contributed by atoms with Crippen LogP contribution in [0.1, 0.15) is 11.1 Å². The third-order valence-corrected chi connectivity index (χ3v) is 2.99. The van der Waals surface area contributed by atoms with Gasteiger partial charge in [-0.2, -0.15) is 13.2 Å². The van der Waals surface area contributed by atoms with E-state index in [0.29, 0.717) is 17.8 Å². The maximum Gasteiger partial charge on any atom is 0.416 e. The second-order valence-electron chi connectivity index (χ2n) is 4.18. The van der Waals surface area contributed by atoms with Gasteiger partial charge in [0.25, 0.3) is 0 Å². The van der Waals surface area contributed by atoms with Crippen LogP contribution in [0.25, 0.3) is 0 Å². The van der Waals surface area contributed by atoms with Gasteiger partial charge in [-0.1, -0.05) is 23.7 Å². The van der Waals surface area contributed by atoms with Gasteiger partial charge in [-0.15, -0.1) is 12.4 Å². The van der Waals surface area contributed by atoms with Crippen molar-refractivity contribution in [2.75, 3.05) is 5.32 Å². The van der Waals surface area contributed by atoms with Gasteiger partial charge in [-0.25, -0.2) is 4.39 Å². The van der Waals surface area contributed by atoms with E-state index in [0.717, 1.165) is 12.1 Å². The molecule has 0 atom stereocenters. The van der Waals surface area contributed by atoms with Crippen molar-refractivity contribution in [1.82, 2.24) is 0 Å². The molecule has 0 fully saturated rings. The molecule has 1 N–H and O–H groups in total. The molecule has 0 bridgehead atoms. The van der Waals surface area contributed by atoms with Crippen LogP contribution < -0.4 is 5.32 Å². The number of hydrogen-bond acceptors (Lipinski definition) is 1. The molecule has 0 spiro atoms. The van der Waals surface area contributed by atoms with Crippen molar-refractivity contribution in [3.8, 4) is 0 Å². The van der Waals surface area contributed by atoms with Crippen molar-refractivity contribution in [3.63, 3.8) is 0 Å². The van der Waals surface area contributed by atoms with Crippen LogP contribution in [0.15, 0.2) is 42.5 Å². The molecule has 0 unspecified atom stereocenters. The van der Waals surface area contributed by atoms with E-state index >= 15 is 0 Å². The molecule has 0 amide bonds. The lowest BCUT2D eigenvalue weighted by Gasteiger charge is -2.09. The van der Waals surface area contributed by atoms with Gasteiger partial charge >= 0.3 is 6.18 Å². The average Bonchev–Trinajstić information content (AvgIpc) is 2.40. The van der Waals surface area contributed by atoms with Crippen molar-refractivity contribution in [1.29, 1.82) is 0 Å². The van der Waals surface area contributed by atoms with E-state index in [4.69, 9.17) is 11.6 Å². The minimum absolute atomic E-state index is 0. The van der Waals surface area contributed by atoms with Crippen LogP contribution in [-0.4, -0.2) is 0 Å². The molecule has 1 nitrogen and oxygen atoms in total. The lowest BCUT2D eigenvalue weighted by atomic mass is 10.1. The van der Waals surface area contributed by atoms with Crippen LogP contribution in [0, 0.1) is 5.82 Å². The van der Waals surface area contributed by atoms with Crippen molar-refractivity contribution < 1.29 is 17.6 Å². The third kappa shape index (κ3) is 4.79. The molecule has 0 heterocycles. The summed E-state index contributed by atoms with van der Waals surface area (Å²) in [6.45, 7) is 0.320. The first-order chi connectivity index (χ1) is 9.36. The topological polar surface area (TPSA) is 12.0 Å². The lowest BCUT2D eigenvalue weighted by molar-refractivity contribution is -0.137. The Bertz CT molecular complexity index is 597. The van der Waals surface area contributed by atoms with Crippen molar-refractivity contribution in [2.45, 2.75) is 12.7 Å². The molecule has 0 saturated carbocycles. The van der Waals surface area contributed by atoms with Crippen LogP contribution in [0.2, 0.25) is 5.02 Å². The highest BCUT2D eigenvalue weighted by Gasteiger charge is 2.29. The Labute approximate surface area is 130 Å². The molecule has 0 saturated heterocycles. The van der Waals surface area contributed by atoms with E-state index in [9.17, 15) is 17.6 Å². The Morgan fingerprint density at radius 2 is 1.62 bits per heavy atom. The van der Waals surface area contributed by atoms with Crippen molar-refractivity contribution in [2.24, 2.45) is 0 Å². The molecule has 2 aromatic carbocycles. The number of rotatable bonds is 3. The van der Waals surface area contributed by atoms with Crippen LogP contribution >= 0.6 is 24.0 Å². The smallest absolute Gasteiger partial charge is 0.381 e. The van der Waals surface area contributed by atoms with Gasteiger partial charge in [0, 0.05) is 12.2 Å². The van der Waals surface area contributed by atoms with Crippen LogP contribution in [0.3, 0.4) is 0 Å². The van der Waals surface area contributed by atoms with Gasteiger partial charge in [0.05, 0.1) is 10.6 Å². The molecule has 114 valence electrons. The summed E-state index contributed by atoms with van der Waals surface area (Å²) in [6, 6.07) is 8.97. The second kappa shape index (κ2) is 7.00. The largest absolute Gasteiger partial charge is 0.416 e. The van der Waals surface area contributed by atoms with Gasteiger partial charge in [0.1, 0.15) is 5.82 Å². The molecule has 0 aliphatic heterocycles. The Kier molecular flexibility index (Phi) is 5.87. The molecule has 2 aromatic rings. The van der Waals surface area contributed by atoms with Crippen LogP contribution in [0.5, 0.6) is 0 Å². The monoisotopic (exact) mass is 339 g/mol. The Balaban J connectivity index is 0.00000220.